The molecule has 2 aromatic carbocycles. The molecule has 2 amide bonds. The first-order valence-corrected chi connectivity index (χ1v) is 15.1. The molecule has 0 aliphatic carbocycles. The Hall–Kier alpha value is -3.76. The van der Waals surface area contributed by atoms with Crippen LogP contribution in [0.4, 0.5) is 11.4 Å². The Kier molecular flexibility index (Phi) is 7.77. The van der Waals surface area contributed by atoms with E-state index in [-0.39, 0.29) is 17.9 Å². The molecule has 1 unspecified atom stereocenters. The fourth-order valence-electron chi connectivity index (χ4n) is 6.17. The second kappa shape index (κ2) is 11.6. The van der Waals surface area contributed by atoms with E-state index in [0.717, 1.165) is 65.4 Å². The molecule has 2 N–H and O–H groups in total. The second-order valence-electron chi connectivity index (χ2n) is 11.0. The van der Waals surface area contributed by atoms with Crippen molar-refractivity contribution >= 4 is 40.9 Å². The Morgan fingerprint density at radius 1 is 1.07 bits per heavy atom. The SMILES string of the molecule is COC1CCN(c2cccc3c2CCN(C(=O)c2nc4c(s2)CN(C=N)CC4)C3C(=O)Nc2ccc(C)cc2)CC1. The first-order valence-electron chi connectivity index (χ1n) is 14.3. The topological polar surface area (TPSA) is 102 Å². The van der Waals surface area contributed by atoms with Crippen LogP contribution in [0.3, 0.4) is 0 Å². The van der Waals surface area contributed by atoms with E-state index in [1.807, 2.05) is 48.2 Å². The minimum absolute atomic E-state index is 0.216. The first kappa shape index (κ1) is 27.4. The van der Waals surface area contributed by atoms with E-state index in [0.29, 0.717) is 36.6 Å². The number of carbonyl (C=O) groups is 2. The van der Waals surface area contributed by atoms with Gasteiger partial charge in [-0.15, -0.1) is 11.3 Å². The van der Waals surface area contributed by atoms with Gasteiger partial charge in [0, 0.05) is 56.0 Å². The maximum Gasteiger partial charge on any atom is 0.283 e. The van der Waals surface area contributed by atoms with Crippen molar-refractivity contribution in [2.45, 2.75) is 51.3 Å². The smallest absolute Gasteiger partial charge is 0.283 e. The summed E-state index contributed by atoms with van der Waals surface area (Å²) in [5.41, 5.74) is 5.90. The highest BCUT2D eigenvalue weighted by Gasteiger charge is 2.39. The summed E-state index contributed by atoms with van der Waals surface area (Å²) in [5, 5.41) is 11.1. The Morgan fingerprint density at radius 3 is 2.59 bits per heavy atom. The van der Waals surface area contributed by atoms with Crippen LogP contribution < -0.4 is 10.2 Å². The largest absolute Gasteiger partial charge is 0.381 e. The highest BCUT2D eigenvalue weighted by molar-refractivity contribution is 7.13. The van der Waals surface area contributed by atoms with Crippen LogP contribution >= 0.6 is 11.3 Å². The van der Waals surface area contributed by atoms with Gasteiger partial charge >= 0.3 is 0 Å². The standard InChI is InChI=1S/C31H36N6O3S/c1-20-6-8-21(9-7-20)33-29(38)28-24-4-3-5-26(36-15-10-22(40-2)11-16-36)23(24)12-17-37(28)31(39)30-34-25-13-14-35(19-32)18-27(25)41-30/h3-9,19,22,28,32H,10-18H2,1-2H3,(H,33,38). The number of ether oxygens (including phenoxy) is 1. The fraction of sp³-hybridized carbons (Fsp3) is 0.419. The minimum atomic E-state index is -0.775. The quantitative estimate of drug-likeness (QED) is 0.335. The van der Waals surface area contributed by atoms with E-state index < -0.39 is 6.04 Å². The Balaban J connectivity index is 1.34. The van der Waals surface area contributed by atoms with Crippen LogP contribution in [-0.2, 0) is 28.9 Å². The van der Waals surface area contributed by atoms with Crippen LogP contribution in [0.5, 0.6) is 0 Å². The molecule has 0 radical (unpaired) electrons. The average Bonchev–Trinajstić information content (AvgIpc) is 3.44. The number of rotatable bonds is 6. The minimum Gasteiger partial charge on any atom is -0.381 e. The van der Waals surface area contributed by atoms with E-state index >= 15 is 0 Å². The predicted molar refractivity (Wildman–Crippen MR) is 161 cm³/mol. The van der Waals surface area contributed by atoms with Crippen molar-refractivity contribution in [3.05, 3.63) is 74.7 Å². The van der Waals surface area contributed by atoms with Gasteiger partial charge in [0.15, 0.2) is 5.01 Å². The van der Waals surface area contributed by atoms with Crippen molar-refractivity contribution in [1.82, 2.24) is 14.8 Å². The molecule has 3 aromatic rings. The zero-order valence-corrected chi connectivity index (χ0v) is 24.4. The Labute approximate surface area is 244 Å². The molecule has 0 saturated carbocycles. The number of amides is 2. The number of anilines is 2. The molecule has 3 aliphatic heterocycles. The van der Waals surface area contributed by atoms with E-state index in [4.69, 9.17) is 15.1 Å². The van der Waals surface area contributed by atoms with Gasteiger partial charge in [-0.05, 0) is 55.5 Å². The fourth-order valence-corrected chi connectivity index (χ4v) is 7.26. The number of benzene rings is 2. The molecule has 41 heavy (non-hydrogen) atoms. The van der Waals surface area contributed by atoms with Crippen LogP contribution in [-0.4, -0.2) is 72.3 Å². The van der Waals surface area contributed by atoms with E-state index in [1.165, 1.54) is 17.7 Å². The third-order valence-corrected chi connectivity index (χ3v) is 9.54. The lowest BCUT2D eigenvalue weighted by Crippen LogP contribution is -2.46. The molecule has 3 aliphatic rings. The molecule has 10 heteroatoms. The van der Waals surface area contributed by atoms with Crippen molar-refractivity contribution < 1.29 is 14.3 Å². The summed E-state index contributed by atoms with van der Waals surface area (Å²) >= 11 is 1.39. The number of carbonyl (C=O) groups excluding carboxylic acids is 2. The molecular formula is C31H36N6O3S. The number of aromatic nitrogens is 1. The van der Waals surface area contributed by atoms with Crippen LogP contribution in [0.2, 0.25) is 0 Å². The molecule has 1 saturated heterocycles. The summed E-state index contributed by atoms with van der Waals surface area (Å²) < 4.78 is 5.58. The number of nitrogens with zero attached hydrogens (tertiary/aromatic N) is 4. The number of thiazole rings is 1. The monoisotopic (exact) mass is 572 g/mol. The molecule has 0 spiro atoms. The van der Waals surface area contributed by atoms with Gasteiger partial charge in [-0.1, -0.05) is 29.8 Å². The van der Waals surface area contributed by atoms with Gasteiger partial charge in [0.2, 0.25) is 0 Å². The summed E-state index contributed by atoms with van der Waals surface area (Å²) in [6.07, 6.45) is 4.92. The van der Waals surface area contributed by atoms with Gasteiger partial charge in [-0.3, -0.25) is 15.0 Å². The summed E-state index contributed by atoms with van der Waals surface area (Å²) in [4.78, 5) is 39.8. The van der Waals surface area contributed by atoms with Crippen molar-refractivity contribution in [3.63, 3.8) is 0 Å². The van der Waals surface area contributed by atoms with E-state index in [1.54, 1.807) is 12.0 Å². The number of piperidine rings is 1. The molecule has 1 fully saturated rings. The average molecular weight is 573 g/mol. The molecule has 1 aromatic heterocycles. The third-order valence-electron chi connectivity index (χ3n) is 8.47. The van der Waals surface area contributed by atoms with Crippen molar-refractivity contribution in [1.29, 1.82) is 5.41 Å². The number of methoxy groups -OCH3 is 1. The summed E-state index contributed by atoms with van der Waals surface area (Å²) in [7, 11) is 1.77. The maximum absolute atomic E-state index is 14.1. The number of aryl methyl sites for hydroxylation is 1. The first-order chi connectivity index (χ1) is 19.9. The summed E-state index contributed by atoms with van der Waals surface area (Å²) in [6, 6.07) is 13.1. The zero-order valence-electron chi connectivity index (χ0n) is 23.6. The Bertz CT molecular complexity index is 1450. The van der Waals surface area contributed by atoms with Gasteiger partial charge in [0.05, 0.1) is 24.7 Å². The predicted octanol–water partition coefficient (Wildman–Crippen LogP) is 4.41. The third kappa shape index (κ3) is 5.46. The highest BCUT2D eigenvalue weighted by Crippen LogP contribution is 2.39. The van der Waals surface area contributed by atoms with E-state index in [9.17, 15) is 9.59 Å². The molecule has 214 valence electrons. The summed E-state index contributed by atoms with van der Waals surface area (Å²) in [5.74, 6) is -0.443. The molecule has 6 rings (SSSR count). The normalized spacial score (nSPS) is 19.0. The van der Waals surface area contributed by atoms with Gasteiger partial charge in [0.25, 0.3) is 11.8 Å². The second-order valence-corrected chi connectivity index (χ2v) is 12.1. The van der Waals surface area contributed by atoms with Gasteiger partial charge in [-0.2, -0.15) is 0 Å². The molecular weight excluding hydrogens is 536 g/mol. The van der Waals surface area contributed by atoms with Crippen molar-refractivity contribution in [2.75, 3.05) is 43.5 Å². The van der Waals surface area contributed by atoms with Crippen LogP contribution in [0.1, 0.15) is 55.9 Å². The number of fused-ring (bicyclic) bond motifs is 2. The van der Waals surface area contributed by atoms with Crippen LogP contribution in [0.15, 0.2) is 42.5 Å². The van der Waals surface area contributed by atoms with E-state index in [2.05, 4.69) is 16.3 Å². The zero-order chi connectivity index (χ0) is 28.5. The van der Waals surface area contributed by atoms with Crippen molar-refractivity contribution in [2.24, 2.45) is 0 Å². The van der Waals surface area contributed by atoms with Gasteiger partial charge in [-0.25, -0.2) is 4.98 Å². The lowest BCUT2D eigenvalue weighted by Gasteiger charge is -2.40. The van der Waals surface area contributed by atoms with Gasteiger partial charge in [0.1, 0.15) is 6.04 Å². The Morgan fingerprint density at radius 2 is 1.85 bits per heavy atom. The maximum atomic E-state index is 14.1. The number of nitrogens with one attached hydrogen (secondary N) is 2. The lowest BCUT2D eigenvalue weighted by molar-refractivity contribution is -0.121. The number of hydrogen-bond acceptors (Lipinski definition) is 7. The molecule has 0 bridgehead atoms. The molecule has 1 atom stereocenters. The lowest BCUT2D eigenvalue weighted by atomic mass is 9.89. The van der Waals surface area contributed by atoms with Gasteiger partial charge < -0.3 is 24.8 Å². The van der Waals surface area contributed by atoms with Crippen molar-refractivity contribution in [3.8, 4) is 0 Å². The number of hydrogen-bond donors (Lipinski definition) is 2. The molecule has 9 nitrogen and oxygen atoms in total. The summed E-state index contributed by atoms with van der Waals surface area (Å²) in [6.45, 7) is 5.55. The molecule has 4 heterocycles. The van der Waals surface area contributed by atoms with Crippen LogP contribution in [0.25, 0.3) is 0 Å². The highest BCUT2D eigenvalue weighted by atomic mass is 32.1. The van der Waals surface area contributed by atoms with Crippen LogP contribution in [0, 0.1) is 12.3 Å².